The van der Waals surface area contributed by atoms with Crippen LogP contribution in [0, 0.1) is 0 Å². The number of nitrogens with zero attached hydrogens (tertiary/aromatic N) is 2. The molecule has 1 N–H and O–H groups in total. The molecular formula is C13H15F2N3O. The van der Waals surface area contributed by atoms with Crippen molar-refractivity contribution < 1.29 is 13.5 Å². The van der Waals surface area contributed by atoms with Crippen LogP contribution in [0.3, 0.4) is 0 Å². The van der Waals surface area contributed by atoms with E-state index in [0.717, 1.165) is 12.4 Å². The van der Waals surface area contributed by atoms with E-state index in [1.807, 2.05) is 17.7 Å². The lowest BCUT2D eigenvalue weighted by Gasteiger charge is -2.12. The average Bonchev–Trinajstić information content (AvgIpc) is 2.84. The Morgan fingerprint density at radius 3 is 2.89 bits per heavy atom. The number of benzene rings is 1. The van der Waals surface area contributed by atoms with Crippen LogP contribution in [0.15, 0.2) is 36.7 Å². The summed E-state index contributed by atoms with van der Waals surface area (Å²) >= 11 is 0. The lowest BCUT2D eigenvalue weighted by atomic mass is 10.3. The Bertz CT molecular complexity index is 528. The van der Waals surface area contributed by atoms with Gasteiger partial charge in [-0.2, -0.15) is 8.78 Å². The van der Waals surface area contributed by atoms with E-state index in [0.29, 0.717) is 12.2 Å². The summed E-state index contributed by atoms with van der Waals surface area (Å²) in [4.78, 5) is 4.20. The van der Waals surface area contributed by atoms with E-state index in [4.69, 9.17) is 0 Å². The van der Waals surface area contributed by atoms with Crippen LogP contribution in [0.5, 0.6) is 5.75 Å². The quantitative estimate of drug-likeness (QED) is 0.874. The molecule has 0 bridgehead atoms. The molecule has 0 aliphatic rings. The van der Waals surface area contributed by atoms with Gasteiger partial charge in [0, 0.05) is 18.9 Å². The minimum absolute atomic E-state index is 0.132. The van der Waals surface area contributed by atoms with Gasteiger partial charge in [-0.05, 0) is 19.1 Å². The summed E-state index contributed by atoms with van der Waals surface area (Å²) in [6.07, 6.45) is 3.58. The molecule has 1 aromatic carbocycles. The van der Waals surface area contributed by atoms with Crippen LogP contribution in [-0.4, -0.2) is 16.2 Å². The van der Waals surface area contributed by atoms with Crippen LogP contribution in [0.1, 0.15) is 12.7 Å². The molecule has 4 nitrogen and oxygen atoms in total. The predicted molar refractivity (Wildman–Crippen MR) is 68.3 cm³/mol. The first-order valence-corrected chi connectivity index (χ1v) is 5.98. The number of rotatable bonds is 6. The van der Waals surface area contributed by atoms with Gasteiger partial charge in [-0.15, -0.1) is 0 Å². The third kappa shape index (κ3) is 3.43. The highest BCUT2D eigenvalue weighted by Crippen LogP contribution is 2.25. The summed E-state index contributed by atoms with van der Waals surface area (Å²) in [6, 6.07) is 6.60. The fourth-order valence-electron chi connectivity index (χ4n) is 1.78. The Labute approximate surface area is 110 Å². The molecule has 6 heteroatoms. The Hall–Kier alpha value is -2.11. The predicted octanol–water partition coefficient (Wildman–Crippen LogP) is 3.12. The van der Waals surface area contributed by atoms with Gasteiger partial charge in [0.1, 0.15) is 11.6 Å². The smallest absolute Gasteiger partial charge is 0.387 e. The van der Waals surface area contributed by atoms with Crippen molar-refractivity contribution in [1.29, 1.82) is 0 Å². The second-order valence-electron chi connectivity index (χ2n) is 3.86. The molecule has 102 valence electrons. The monoisotopic (exact) mass is 267 g/mol. The lowest BCUT2D eigenvalue weighted by molar-refractivity contribution is -0.0493. The molecule has 0 aliphatic carbocycles. The molecule has 2 rings (SSSR count). The van der Waals surface area contributed by atoms with Crippen LogP contribution >= 0.6 is 0 Å². The number of hydrogen-bond acceptors (Lipinski definition) is 3. The third-order valence-corrected chi connectivity index (χ3v) is 2.68. The number of anilines is 1. The number of imidazole rings is 1. The maximum atomic E-state index is 12.3. The molecule has 0 atom stereocenters. The molecule has 1 heterocycles. The summed E-state index contributed by atoms with van der Waals surface area (Å²) in [6.45, 7) is 0.441. The Kier molecular flexibility index (Phi) is 4.33. The third-order valence-electron chi connectivity index (χ3n) is 2.68. The number of para-hydroxylation sites is 2. The summed E-state index contributed by atoms with van der Waals surface area (Å²) in [5.41, 5.74) is 0.522. The highest BCUT2D eigenvalue weighted by atomic mass is 19.3. The Morgan fingerprint density at radius 2 is 2.16 bits per heavy atom. The van der Waals surface area contributed by atoms with E-state index in [9.17, 15) is 8.78 Å². The number of aromatic nitrogens is 2. The molecule has 2 aromatic rings. The van der Waals surface area contributed by atoms with E-state index in [1.54, 1.807) is 24.4 Å². The zero-order chi connectivity index (χ0) is 13.7. The van der Waals surface area contributed by atoms with E-state index in [1.165, 1.54) is 6.07 Å². The van der Waals surface area contributed by atoms with Crippen molar-refractivity contribution in [1.82, 2.24) is 9.55 Å². The molecule has 0 amide bonds. The van der Waals surface area contributed by atoms with Gasteiger partial charge in [-0.1, -0.05) is 12.1 Å². The molecular weight excluding hydrogens is 252 g/mol. The number of ether oxygens (including phenoxy) is 1. The first-order chi connectivity index (χ1) is 9.20. The van der Waals surface area contributed by atoms with Gasteiger partial charge in [0.25, 0.3) is 0 Å². The zero-order valence-electron chi connectivity index (χ0n) is 10.5. The van der Waals surface area contributed by atoms with Crippen LogP contribution in [0.25, 0.3) is 0 Å². The lowest BCUT2D eigenvalue weighted by Crippen LogP contribution is -2.09. The number of alkyl halides is 2. The molecule has 0 fully saturated rings. The minimum Gasteiger partial charge on any atom is -0.433 e. The maximum absolute atomic E-state index is 12.3. The zero-order valence-corrected chi connectivity index (χ0v) is 10.5. The van der Waals surface area contributed by atoms with Crippen molar-refractivity contribution >= 4 is 5.69 Å². The van der Waals surface area contributed by atoms with Gasteiger partial charge < -0.3 is 14.6 Å². The second-order valence-corrected chi connectivity index (χ2v) is 3.86. The van der Waals surface area contributed by atoms with E-state index in [-0.39, 0.29) is 5.75 Å². The van der Waals surface area contributed by atoms with Crippen LogP contribution in [0.4, 0.5) is 14.5 Å². The number of aryl methyl sites for hydroxylation is 1. The van der Waals surface area contributed by atoms with E-state index >= 15 is 0 Å². The molecule has 0 radical (unpaired) electrons. The Morgan fingerprint density at radius 1 is 1.37 bits per heavy atom. The van der Waals surface area contributed by atoms with Gasteiger partial charge >= 0.3 is 6.61 Å². The van der Waals surface area contributed by atoms with E-state index in [2.05, 4.69) is 15.0 Å². The maximum Gasteiger partial charge on any atom is 0.387 e. The summed E-state index contributed by atoms with van der Waals surface area (Å²) in [5.74, 6) is 0.974. The molecule has 19 heavy (non-hydrogen) atoms. The molecule has 0 saturated carbocycles. The SMILES string of the molecule is CCn1ccnc1CNc1ccccc1OC(F)F. The Balaban J connectivity index is 2.07. The van der Waals surface area contributed by atoms with Crippen molar-refractivity contribution in [3.05, 3.63) is 42.5 Å². The molecule has 0 unspecified atom stereocenters. The van der Waals surface area contributed by atoms with Crippen molar-refractivity contribution in [2.45, 2.75) is 26.6 Å². The van der Waals surface area contributed by atoms with Crippen LogP contribution < -0.4 is 10.1 Å². The number of hydrogen-bond donors (Lipinski definition) is 1. The normalized spacial score (nSPS) is 10.7. The summed E-state index contributed by atoms with van der Waals surface area (Å²) in [5, 5.41) is 3.05. The topological polar surface area (TPSA) is 39.1 Å². The summed E-state index contributed by atoms with van der Waals surface area (Å²) < 4.78 is 31.0. The highest BCUT2D eigenvalue weighted by molar-refractivity contribution is 5.56. The summed E-state index contributed by atoms with van der Waals surface area (Å²) in [7, 11) is 0. The van der Waals surface area contributed by atoms with Gasteiger partial charge in [0.2, 0.25) is 0 Å². The van der Waals surface area contributed by atoms with Gasteiger partial charge in [0.15, 0.2) is 0 Å². The standard InChI is InChI=1S/C13H15F2N3O/c1-2-18-8-7-16-12(18)9-17-10-5-3-4-6-11(10)19-13(14)15/h3-8,13,17H,2,9H2,1H3. The first-order valence-electron chi connectivity index (χ1n) is 5.98. The van der Waals surface area contributed by atoms with Gasteiger partial charge in [0.05, 0.1) is 12.2 Å². The molecule has 0 saturated heterocycles. The molecule has 1 aromatic heterocycles. The van der Waals surface area contributed by atoms with Crippen LogP contribution in [0.2, 0.25) is 0 Å². The van der Waals surface area contributed by atoms with Crippen molar-refractivity contribution in [2.24, 2.45) is 0 Å². The fourth-order valence-corrected chi connectivity index (χ4v) is 1.78. The number of nitrogens with one attached hydrogen (secondary N) is 1. The van der Waals surface area contributed by atoms with Crippen molar-refractivity contribution in [3.8, 4) is 5.75 Å². The first kappa shape index (κ1) is 13.3. The van der Waals surface area contributed by atoms with Crippen LogP contribution in [-0.2, 0) is 13.1 Å². The molecule has 0 aliphatic heterocycles. The van der Waals surface area contributed by atoms with Gasteiger partial charge in [-0.3, -0.25) is 0 Å². The number of halogens is 2. The van der Waals surface area contributed by atoms with E-state index < -0.39 is 6.61 Å². The second kappa shape index (κ2) is 6.17. The average molecular weight is 267 g/mol. The largest absolute Gasteiger partial charge is 0.433 e. The fraction of sp³-hybridized carbons (Fsp3) is 0.308. The molecule has 0 spiro atoms. The minimum atomic E-state index is -2.83. The van der Waals surface area contributed by atoms with Gasteiger partial charge in [-0.25, -0.2) is 4.98 Å². The highest BCUT2D eigenvalue weighted by Gasteiger charge is 2.09. The van der Waals surface area contributed by atoms with Crippen molar-refractivity contribution in [2.75, 3.05) is 5.32 Å². The van der Waals surface area contributed by atoms with Crippen molar-refractivity contribution in [3.63, 3.8) is 0 Å².